The highest BCUT2D eigenvalue weighted by molar-refractivity contribution is 8.00. The predicted octanol–water partition coefficient (Wildman–Crippen LogP) is 3.88. The van der Waals surface area contributed by atoms with E-state index in [-0.39, 0.29) is 23.3 Å². The number of nitrogens with zero attached hydrogens (tertiary/aromatic N) is 3. The molecular weight excluding hydrogens is 438 g/mol. The molecule has 0 saturated carbocycles. The largest absolute Gasteiger partial charge is 0.383 e. The highest BCUT2D eigenvalue weighted by Gasteiger charge is 2.26. The van der Waals surface area contributed by atoms with Crippen molar-refractivity contribution in [2.45, 2.75) is 43.6 Å². The number of carbonyl (C=O) groups is 2. The van der Waals surface area contributed by atoms with Gasteiger partial charge in [-0.1, -0.05) is 23.9 Å². The van der Waals surface area contributed by atoms with Gasteiger partial charge in [-0.05, 0) is 56.2 Å². The standard InChI is InChI=1S/C25H27N3O4S/c1-15(14-32-4)28-24(31)20-7-5-6-8-21(20)26-25(28)33-16(2)23(30)19-9-10-22-18(13-19)11-12-27(22)17(3)29/h5-10,13,15-16H,11-12,14H2,1-4H3/t15-,16+/m1/s1. The predicted molar refractivity (Wildman–Crippen MR) is 130 cm³/mol. The molecule has 1 aliphatic heterocycles. The van der Waals surface area contributed by atoms with Gasteiger partial charge in [-0.2, -0.15) is 0 Å². The number of para-hydroxylation sites is 1. The molecule has 8 heteroatoms. The lowest BCUT2D eigenvalue weighted by Crippen LogP contribution is -2.29. The van der Waals surface area contributed by atoms with Gasteiger partial charge in [0.05, 0.1) is 28.8 Å². The van der Waals surface area contributed by atoms with Crippen molar-refractivity contribution in [3.05, 3.63) is 63.9 Å². The number of aromatic nitrogens is 2. The van der Waals surface area contributed by atoms with Crippen molar-refractivity contribution in [3.8, 4) is 0 Å². The summed E-state index contributed by atoms with van der Waals surface area (Å²) >= 11 is 1.28. The van der Waals surface area contributed by atoms with E-state index < -0.39 is 5.25 Å². The number of benzene rings is 2. The van der Waals surface area contributed by atoms with Crippen LogP contribution in [-0.4, -0.2) is 46.8 Å². The van der Waals surface area contributed by atoms with Gasteiger partial charge in [-0.15, -0.1) is 0 Å². The summed E-state index contributed by atoms with van der Waals surface area (Å²) in [6.45, 7) is 6.27. The van der Waals surface area contributed by atoms with Crippen LogP contribution in [0.4, 0.5) is 5.69 Å². The van der Waals surface area contributed by atoms with Crippen molar-refractivity contribution >= 4 is 40.0 Å². The maximum Gasteiger partial charge on any atom is 0.262 e. The van der Waals surface area contributed by atoms with Gasteiger partial charge in [0, 0.05) is 31.8 Å². The molecule has 33 heavy (non-hydrogen) atoms. The van der Waals surface area contributed by atoms with E-state index in [1.54, 1.807) is 41.7 Å². The van der Waals surface area contributed by atoms with Gasteiger partial charge in [0.25, 0.3) is 5.56 Å². The molecule has 0 fully saturated rings. The van der Waals surface area contributed by atoms with Crippen LogP contribution in [0.15, 0.2) is 52.4 Å². The van der Waals surface area contributed by atoms with E-state index in [0.29, 0.717) is 34.8 Å². The van der Waals surface area contributed by atoms with Crippen LogP contribution >= 0.6 is 11.8 Å². The number of amides is 1. The van der Waals surface area contributed by atoms with E-state index in [2.05, 4.69) is 0 Å². The molecule has 0 N–H and O–H groups in total. The number of ketones is 1. The van der Waals surface area contributed by atoms with E-state index in [4.69, 9.17) is 9.72 Å². The van der Waals surface area contributed by atoms with Crippen molar-refractivity contribution in [1.29, 1.82) is 0 Å². The molecule has 1 amide bonds. The van der Waals surface area contributed by atoms with Gasteiger partial charge in [-0.25, -0.2) is 4.98 Å². The van der Waals surface area contributed by atoms with Crippen LogP contribution in [0.3, 0.4) is 0 Å². The van der Waals surface area contributed by atoms with E-state index in [9.17, 15) is 14.4 Å². The van der Waals surface area contributed by atoms with Crippen LogP contribution in [0.2, 0.25) is 0 Å². The van der Waals surface area contributed by atoms with Gasteiger partial charge in [-0.3, -0.25) is 19.0 Å². The van der Waals surface area contributed by atoms with Crippen LogP contribution in [0, 0.1) is 0 Å². The van der Waals surface area contributed by atoms with Crippen molar-refractivity contribution in [2.24, 2.45) is 0 Å². The molecule has 2 aromatic carbocycles. The Morgan fingerprint density at radius 1 is 1.18 bits per heavy atom. The van der Waals surface area contributed by atoms with E-state index in [1.165, 1.54) is 11.8 Å². The lowest BCUT2D eigenvalue weighted by Gasteiger charge is -2.20. The fourth-order valence-corrected chi connectivity index (χ4v) is 5.33. The molecule has 0 saturated heterocycles. The normalized spacial score (nSPS) is 14.8. The number of fused-ring (bicyclic) bond motifs is 2. The Morgan fingerprint density at radius 3 is 2.67 bits per heavy atom. The molecule has 1 aliphatic rings. The van der Waals surface area contributed by atoms with Crippen LogP contribution in [0.25, 0.3) is 10.9 Å². The topological polar surface area (TPSA) is 81.5 Å². The summed E-state index contributed by atoms with van der Waals surface area (Å²) in [6, 6.07) is 12.5. The summed E-state index contributed by atoms with van der Waals surface area (Å²) < 4.78 is 6.90. The molecule has 2 heterocycles. The number of anilines is 1. The lowest BCUT2D eigenvalue weighted by molar-refractivity contribution is -0.116. The number of rotatable bonds is 7. The lowest BCUT2D eigenvalue weighted by atomic mass is 10.0. The van der Waals surface area contributed by atoms with Crippen molar-refractivity contribution in [1.82, 2.24) is 9.55 Å². The maximum atomic E-state index is 13.3. The number of hydrogen-bond donors (Lipinski definition) is 0. The molecule has 4 rings (SSSR count). The minimum Gasteiger partial charge on any atom is -0.383 e. The van der Waals surface area contributed by atoms with E-state index in [0.717, 1.165) is 17.7 Å². The summed E-state index contributed by atoms with van der Waals surface area (Å²) in [6.07, 6.45) is 0.734. The second-order valence-electron chi connectivity index (χ2n) is 8.28. The van der Waals surface area contributed by atoms with Gasteiger partial charge < -0.3 is 9.64 Å². The number of Topliss-reactive ketones (excluding diaryl/α,β-unsaturated/α-hetero) is 1. The Labute approximate surface area is 196 Å². The third-order valence-electron chi connectivity index (χ3n) is 5.92. The average Bonchev–Trinajstić information content (AvgIpc) is 3.22. The highest BCUT2D eigenvalue weighted by Crippen LogP contribution is 2.31. The van der Waals surface area contributed by atoms with Crippen molar-refractivity contribution in [2.75, 3.05) is 25.2 Å². The first-order valence-electron chi connectivity index (χ1n) is 10.9. The minimum absolute atomic E-state index is 0.00211. The van der Waals surface area contributed by atoms with Crippen molar-refractivity contribution in [3.63, 3.8) is 0 Å². The Bertz CT molecular complexity index is 1290. The zero-order valence-electron chi connectivity index (χ0n) is 19.2. The second-order valence-corrected chi connectivity index (χ2v) is 9.59. The molecule has 0 bridgehead atoms. The number of methoxy groups -OCH3 is 1. The molecule has 7 nitrogen and oxygen atoms in total. The summed E-state index contributed by atoms with van der Waals surface area (Å²) in [5.74, 6) is -0.0419. The summed E-state index contributed by atoms with van der Waals surface area (Å²) in [5.41, 5.74) is 2.93. The molecule has 0 spiro atoms. The second kappa shape index (κ2) is 9.49. The van der Waals surface area contributed by atoms with Gasteiger partial charge in [0.2, 0.25) is 5.91 Å². The quantitative estimate of drug-likeness (QED) is 0.299. The number of ether oxygens (including phenoxy) is 1. The Hall–Kier alpha value is -2.97. The molecule has 1 aromatic heterocycles. The molecule has 2 atom stereocenters. The monoisotopic (exact) mass is 465 g/mol. The molecule has 0 radical (unpaired) electrons. The number of thioether (sulfide) groups is 1. The van der Waals surface area contributed by atoms with Gasteiger partial charge in [0.15, 0.2) is 10.9 Å². The Morgan fingerprint density at radius 2 is 1.94 bits per heavy atom. The molecule has 172 valence electrons. The number of hydrogen-bond acceptors (Lipinski definition) is 6. The molecular formula is C25H27N3O4S. The molecule has 3 aromatic rings. The van der Waals surface area contributed by atoms with Gasteiger partial charge >= 0.3 is 0 Å². The zero-order chi connectivity index (χ0) is 23.7. The summed E-state index contributed by atoms with van der Waals surface area (Å²) in [7, 11) is 1.59. The smallest absolute Gasteiger partial charge is 0.262 e. The summed E-state index contributed by atoms with van der Waals surface area (Å²) in [5, 5.41) is 0.577. The Kier molecular flexibility index (Phi) is 6.67. The minimum atomic E-state index is -0.456. The first-order chi connectivity index (χ1) is 15.8. The SMILES string of the molecule is COC[C@@H](C)n1c(S[C@@H](C)C(=O)c2ccc3c(c2)CCN3C(C)=O)nc2ccccc2c1=O. The zero-order valence-corrected chi connectivity index (χ0v) is 20.0. The molecule has 0 aliphatic carbocycles. The first kappa shape index (κ1) is 23.2. The fourth-order valence-electron chi connectivity index (χ4n) is 4.24. The van der Waals surface area contributed by atoms with Crippen molar-refractivity contribution < 1.29 is 14.3 Å². The van der Waals surface area contributed by atoms with E-state index >= 15 is 0 Å². The van der Waals surface area contributed by atoms with Crippen LogP contribution < -0.4 is 10.5 Å². The van der Waals surface area contributed by atoms with Crippen LogP contribution in [-0.2, 0) is 16.0 Å². The van der Waals surface area contributed by atoms with Crippen LogP contribution in [0.5, 0.6) is 0 Å². The molecule has 0 unspecified atom stereocenters. The Balaban J connectivity index is 1.66. The van der Waals surface area contributed by atoms with Crippen LogP contribution in [0.1, 0.15) is 42.7 Å². The average molecular weight is 466 g/mol. The fraction of sp³-hybridized carbons (Fsp3) is 0.360. The first-order valence-corrected chi connectivity index (χ1v) is 11.8. The third kappa shape index (κ3) is 4.45. The summed E-state index contributed by atoms with van der Waals surface area (Å²) in [4.78, 5) is 44.8. The number of carbonyl (C=O) groups excluding carboxylic acids is 2. The highest BCUT2D eigenvalue weighted by atomic mass is 32.2. The van der Waals surface area contributed by atoms with Gasteiger partial charge in [0.1, 0.15) is 0 Å². The van der Waals surface area contributed by atoms with E-state index in [1.807, 2.05) is 38.1 Å². The maximum absolute atomic E-state index is 13.3. The third-order valence-corrected chi connectivity index (χ3v) is 6.98.